The van der Waals surface area contributed by atoms with Crippen molar-refractivity contribution in [3.8, 4) is 11.1 Å². The van der Waals surface area contributed by atoms with Crippen LogP contribution < -0.4 is 11.1 Å². The van der Waals surface area contributed by atoms with E-state index < -0.39 is 0 Å². The van der Waals surface area contributed by atoms with Crippen molar-refractivity contribution in [2.45, 2.75) is 31.7 Å². The number of aromatic nitrogens is 1. The number of hydrogen-bond donors (Lipinski definition) is 2. The summed E-state index contributed by atoms with van der Waals surface area (Å²) in [4.78, 5) is 0. The van der Waals surface area contributed by atoms with Crippen molar-refractivity contribution in [1.82, 2.24) is 9.88 Å². The maximum absolute atomic E-state index is 6.47. The third kappa shape index (κ3) is 6.39. The number of nitrogens with one attached hydrogen (secondary N) is 1. The van der Waals surface area contributed by atoms with E-state index in [0.29, 0.717) is 0 Å². The molecule has 0 radical (unpaired) electrons. The lowest BCUT2D eigenvalue weighted by atomic mass is 9.97. The van der Waals surface area contributed by atoms with E-state index in [4.69, 9.17) is 5.73 Å². The van der Waals surface area contributed by atoms with Crippen LogP contribution in [-0.2, 0) is 13.5 Å². The van der Waals surface area contributed by atoms with Gasteiger partial charge in [-0.2, -0.15) is 0 Å². The minimum atomic E-state index is -0.172. The number of fused-ring (bicyclic) bond motifs is 1. The van der Waals surface area contributed by atoms with Crippen LogP contribution in [-0.4, -0.2) is 4.57 Å². The Kier molecular flexibility index (Phi) is 8.40. The standard InChI is InChI=1S/C36H37N3/c1-27(22-23-32-26-31-15-6-9-21-36(31)39(32)2)33-18-7-8-20-35(33)38-24-11-10-19-34(37)30-17-12-16-29(25-30)28-13-4-3-5-14-28/h3-5,7,9-14,16-19,21-26,34,38H,1,6,8,15,20,37H2,2H3/b19-10-,23-22-,24-11+. The number of nitrogens with two attached hydrogens (primary N) is 1. The van der Waals surface area contributed by atoms with E-state index in [1.165, 1.54) is 33.8 Å². The quantitative estimate of drug-likeness (QED) is 0.284. The number of nitrogens with zero attached hydrogens (tertiary/aromatic N) is 1. The summed E-state index contributed by atoms with van der Waals surface area (Å²) in [5.41, 5.74) is 17.2. The van der Waals surface area contributed by atoms with Crippen molar-refractivity contribution in [3.63, 3.8) is 0 Å². The summed E-state index contributed by atoms with van der Waals surface area (Å²) in [6.07, 6.45) is 25.4. The van der Waals surface area contributed by atoms with Crippen LogP contribution in [0.15, 0.2) is 133 Å². The van der Waals surface area contributed by atoms with E-state index in [1.54, 1.807) is 0 Å². The summed E-state index contributed by atoms with van der Waals surface area (Å²) in [6, 6.07) is 20.9. The largest absolute Gasteiger partial charge is 0.364 e. The van der Waals surface area contributed by atoms with Gasteiger partial charge in [-0.1, -0.05) is 91.6 Å². The smallest absolute Gasteiger partial charge is 0.0484 e. The fourth-order valence-corrected chi connectivity index (χ4v) is 5.16. The van der Waals surface area contributed by atoms with Gasteiger partial charge in [-0.15, -0.1) is 0 Å². The number of allylic oxidation sites excluding steroid dienone is 9. The number of aryl methyl sites for hydroxylation is 1. The Labute approximate surface area is 232 Å². The summed E-state index contributed by atoms with van der Waals surface area (Å²) < 4.78 is 2.26. The zero-order valence-electron chi connectivity index (χ0n) is 22.7. The van der Waals surface area contributed by atoms with Crippen LogP contribution in [0.4, 0.5) is 0 Å². The summed E-state index contributed by atoms with van der Waals surface area (Å²) in [5, 5.41) is 3.49. The molecule has 1 unspecified atom stereocenters. The van der Waals surface area contributed by atoms with E-state index in [1.807, 2.05) is 30.5 Å². The molecule has 2 aromatic carbocycles. The van der Waals surface area contributed by atoms with Gasteiger partial charge in [0.25, 0.3) is 0 Å². The maximum atomic E-state index is 6.47. The highest BCUT2D eigenvalue weighted by Gasteiger charge is 2.12. The van der Waals surface area contributed by atoms with Crippen LogP contribution in [0.5, 0.6) is 0 Å². The molecule has 0 saturated carbocycles. The van der Waals surface area contributed by atoms with Crippen molar-refractivity contribution in [2.75, 3.05) is 0 Å². The second kappa shape index (κ2) is 12.5. The Balaban J connectivity index is 1.22. The van der Waals surface area contributed by atoms with E-state index in [-0.39, 0.29) is 6.04 Å². The lowest BCUT2D eigenvalue weighted by Gasteiger charge is -2.16. The molecule has 0 fully saturated rings. The molecule has 1 aromatic heterocycles. The predicted molar refractivity (Wildman–Crippen MR) is 167 cm³/mol. The average Bonchev–Trinajstić information content (AvgIpc) is 3.31. The lowest BCUT2D eigenvalue weighted by Crippen LogP contribution is -2.10. The monoisotopic (exact) mass is 511 g/mol. The second-order valence-electron chi connectivity index (χ2n) is 10.1. The van der Waals surface area contributed by atoms with E-state index in [9.17, 15) is 0 Å². The highest BCUT2D eigenvalue weighted by Crippen LogP contribution is 2.27. The third-order valence-corrected chi connectivity index (χ3v) is 7.39. The lowest BCUT2D eigenvalue weighted by molar-refractivity contribution is 0.855. The molecular weight excluding hydrogens is 474 g/mol. The van der Waals surface area contributed by atoms with Gasteiger partial charge in [-0.05, 0) is 83.9 Å². The third-order valence-electron chi connectivity index (χ3n) is 7.39. The second-order valence-corrected chi connectivity index (χ2v) is 10.1. The van der Waals surface area contributed by atoms with Gasteiger partial charge in [0.1, 0.15) is 0 Å². The molecule has 0 bridgehead atoms. The van der Waals surface area contributed by atoms with Gasteiger partial charge in [-0.3, -0.25) is 0 Å². The molecule has 0 amide bonds. The molecule has 5 rings (SSSR count). The van der Waals surface area contributed by atoms with Crippen LogP contribution in [0.3, 0.4) is 0 Å². The summed E-state index contributed by atoms with van der Waals surface area (Å²) in [5.74, 6) is 0. The molecule has 0 saturated heterocycles. The van der Waals surface area contributed by atoms with Crippen molar-refractivity contribution in [1.29, 1.82) is 0 Å². The van der Waals surface area contributed by atoms with E-state index in [0.717, 1.165) is 42.4 Å². The first-order valence-electron chi connectivity index (χ1n) is 13.7. The Morgan fingerprint density at radius 3 is 2.59 bits per heavy atom. The van der Waals surface area contributed by atoms with E-state index in [2.05, 4.69) is 115 Å². The molecule has 0 spiro atoms. The molecule has 3 heteroatoms. The molecule has 1 heterocycles. The van der Waals surface area contributed by atoms with Gasteiger partial charge in [-0.25, -0.2) is 0 Å². The van der Waals surface area contributed by atoms with Crippen LogP contribution in [0.2, 0.25) is 0 Å². The average molecular weight is 512 g/mol. The molecule has 39 heavy (non-hydrogen) atoms. The van der Waals surface area contributed by atoms with Crippen molar-refractivity contribution >= 4 is 12.2 Å². The van der Waals surface area contributed by atoms with Gasteiger partial charge < -0.3 is 15.6 Å². The molecule has 1 atom stereocenters. The molecule has 196 valence electrons. The van der Waals surface area contributed by atoms with Gasteiger partial charge in [0, 0.05) is 41.9 Å². The normalized spacial score (nSPS) is 15.9. The topological polar surface area (TPSA) is 43.0 Å². The Morgan fingerprint density at radius 1 is 0.949 bits per heavy atom. The first-order valence-corrected chi connectivity index (χ1v) is 13.7. The summed E-state index contributed by atoms with van der Waals surface area (Å²) >= 11 is 0. The molecule has 2 aliphatic carbocycles. The molecule has 3 N–H and O–H groups in total. The molecular formula is C36H37N3. The Morgan fingerprint density at radius 2 is 1.74 bits per heavy atom. The fourth-order valence-electron chi connectivity index (χ4n) is 5.16. The van der Waals surface area contributed by atoms with Crippen LogP contribution >= 0.6 is 0 Å². The summed E-state index contributed by atoms with van der Waals surface area (Å²) in [7, 11) is 2.13. The SMILES string of the molecule is C=C(/C=C\c1cc2c(n1C)C=CCC2)C1=C(N/C=C/C=C\C(N)c2cccc(-c3ccccc3)c2)CCC=C1. The molecule has 0 aliphatic heterocycles. The number of rotatable bonds is 9. The summed E-state index contributed by atoms with van der Waals surface area (Å²) in [6.45, 7) is 4.37. The molecule has 2 aliphatic rings. The predicted octanol–water partition coefficient (Wildman–Crippen LogP) is 8.18. The molecule has 3 nitrogen and oxygen atoms in total. The Hall–Kier alpha value is -4.34. The van der Waals surface area contributed by atoms with Crippen molar-refractivity contribution < 1.29 is 0 Å². The van der Waals surface area contributed by atoms with Gasteiger partial charge in [0.05, 0.1) is 0 Å². The maximum Gasteiger partial charge on any atom is 0.0484 e. The highest BCUT2D eigenvalue weighted by molar-refractivity contribution is 5.65. The number of benzene rings is 2. The van der Waals surface area contributed by atoms with Crippen LogP contribution in [0.25, 0.3) is 23.3 Å². The minimum absolute atomic E-state index is 0.172. The Bertz CT molecular complexity index is 1510. The minimum Gasteiger partial charge on any atom is -0.364 e. The van der Waals surface area contributed by atoms with Crippen molar-refractivity contribution in [2.24, 2.45) is 12.8 Å². The van der Waals surface area contributed by atoms with Crippen molar-refractivity contribution in [3.05, 3.63) is 155 Å². The van der Waals surface area contributed by atoms with Crippen LogP contribution in [0, 0.1) is 0 Å². The first kappa shape index (κ1) is 26.3. The van der Waals surface area contributed by atoms with E-state index >= 15 is 0 Å². The fraction of sp³-hybridized carbons (Fsp3) is 0.167. The zero-order valence-corrected chi connectivity index (χ0v) is 22.7. The zero-order chi connectivity index (χ0) is 27.0. The van der Waals surface area contributed by atoms with Gasteiger partial charge in [0.15, 0.2) is 0 Å². The van der Waals surface area contributed by atoms with Crippen LogP contribution in [0.1, 0.15) is 47.8 Å². The van der Waals surface area contributed by atoms with Gasteiger partial charge >= 0.3 is 0 Å². The first-order chi connectivity index (χ1) is 19.1. The number of hydrogen-bond acceptors (Lipinski definition) is 2. The highest BCUT2D eigenvalue weighted by atomic mass is 15.0. The van der Waals surface area contributed by atoms with Gasteiger partial charge in [0.2, 0.25) is 0 Å². The molecule has 3 aromatic rings.